The summed E-state index contributed by atoms with van der Waals surface area (Å²) in [6.45, 7) is 2.48. The molecule has 0 unspecified atom stereocenters. The van der Waals surface area contributed by atoms with Crippen LogP contribution in [0, 0.1) is 0 Å². The van der Waals surface area contributed by atoms with E-state index in [4.69, 9.17) is 22.1 Å². The van der Waals surface area contributed by atoms with Gasteiger partial charge in [0.25, 0.3) is 5.91 Å². The third-order valence-electron chi connectivity index (χ3n) is 8.09. The van der Waals surface area contributed by atoms with Gasteiger partial charge in [-0.05, 0) is 92.3 Å². The molecule has 0 spiro atoms. The van der Waals surface area contributed by atoms with Crippen molar-refractivity contribution in [1.82, 2.24) is 4.90 Å². The molecule has 8 heteroatoms. The molecule has 39 heavy (non-hydrogen) atoms. The van der Waals surface area contributed by atoms with Gasteiger partial charge in [0.15, 0.2) is 5.60 Å². The van der Waals surface area contributed by atoms with Crippen molar-refractivity contribution in [1.29, 1.82) is 0 Å². The molecule has 0 radical (unpaired) electrons. The molecule has 5 rings (SSSR count). The van der Waals surface area contributed by atoms with Gasteiger partial charge >= 0.3 is 0 Å². The molecule has 7 nitrogen and oxygen atoms in total. The molecule has 1 aliphatic carbocycles. The molecule has 0 saturated heterocycles. The number of aryl methyl sites for hydroxylation is 1. The second-order valence-electron chi connectivity index (χ2n) is 11.0. The van der Waals surface area contributed by atoms with Crippen molar-refractivity contribution in [3.05, 3.63) is 70.3 Å². The third-order valence-corrected chi connectivity index (χ3v) is 8.33. The molecule has 208 valence electrons. The second-order valence-corrected chi connectivity index (χ2v) is 11.4. The lowest BCUT2D eigenvalue weighted by atomic mass is 9.88. The number of ether oxygens (including phenoxy) is 1. The Hall–Kier alpha value is -3.03. The number of allylic oxidation sites excluding steroid dienone is 1. The molecule has 1 saturated carbocycles. The fraction of sp³-hybridized carbons (Fsp3) is 0.484. The van der Waals surface area contributed by atoms with Gasteiger partial charge in [0, 0.05) is 30.7 Å². The SMILES string of the molecule is NC(=O)[C@@]1(O)CC(=O)N(C2CC2)C/C=C/CCCCN2CCCCc3cc(Cl)ccc3COc3ccc1cc32. The topological polar surface area (TPSA) is 96.1 Å². The number of nitrogens with zero attached hydrogens (tertiary/aromatic N) is 2. The Labute approximate surface area is 235 Å². The first-order valence-corrected chi connectivity index (χ1v) is 14.5. The van der Waals surface area contributed by atoms with Crippen LogP contribution in [0.15, 0.2) is 48.6 Å². The summed E-state index contributed by atoms with van der Waals surface area (Å²) in [5.74, 6) is -0.525. The Balaban J connectivity index is 1.54. The largest absolute Gasteiger partial charge is 0.487 e. The number of nitrogens with two attached hydrogens (primary N) is 1. The van der Waals surface area contributed by atoms with Crippen LogP contribution in [0.3, 0.4) is 0 Å². The fourth-order valence-corrected chi connectivity index (χ4v) is 5.80. The number of hydrogen-bond donors (Lipinski definition) is 2. The number of amides is 2. The van der Waals surface area contributed by atoms with Crippen LogP contribution in [0.5, 0.6) is 5.75 Å². The lowest BCUT2D eigenvalue weighted by Gasteiger charge is -2.31. The fourth-order valence-electron chi connectivity index (χ4n) is 5.60. The van der Waals surface area contributed by atoms with Crippen molar-refractivity contribution in [3.8, 4) is 5.75 Å². The first-order chi connectivity index (χ1) is 18.8. The number of carbonyl (C=O) groups is 2. The Kier molecular flexibility index (Phi) is 8.48. The van der Waals surface area contributed by atoms with Crippen molar-refractivity contribution < 1.29 is 19.4 Å². The van der Waals surface area contributed by atoms with E-state index in [2.05, 4.69) is 11.0 Å². The van der Waals surface area contributed by atoms with E-state index in [-0.39, 0.29) is 18.4 Å². The zero-order valence-electron chi connectivity index (χ0n) is 22.4. The van der Waals surface area contributed by atoms with Crippen LogP contribution < -0.4 is 15.4 Å². The maximum atomic E-state index is 13.4. The molecule has 0 aromatic heterocycles. The average molecular weight is 552 g/mol. The normalized spacial score (nSPS) is 23.9. The van der Waals surface area contributed by atoms with Crippen LogP contribution >= 0.6 is 11.6 Å². The molecule has 3 N–H and O–H groups in total. The summed E-state index contributed by atoms with van der Waals surface area (Å²) >= 11 is 6.29. The molecule has 2 aromatic rings. The minimum absolute atomic E-state index is 0.157. The smallest absolute Gasteiger partial charge is 0.254 e. The summed E-state index contributed by atoms with van der Waals surface area (Å²) < 4.78 is 6.37. The first kappa shape index (κ1) is 27.5. The molecule has 2 bridgehead atoms. The molecule has 1 atom stereocenters. The van der Waals surface area contributed by atoms with Crippen LogP contribution in [0.2, 0.25) is 5.02 Å². The number of carbonyl (C=O) groups excluding carboxylic acids is 2. The highest BCUT2D eigenvalue weighted by molar-refractivity contribution is 6.30. The quantitative estimate of drug-likeness (QED) is 0.520. The predicted molar refractivity (Wildman–Crippen MR) is 153 cm³/mol. The molecule has 1 fully saturated rings. The molecule has 2 amide bonds. The predicted octanol–water partition coefficient (Wildman–Crippen LogP) is 4.86. The zero-order valence-corrected chi connectivity index (χ0v) is 23.2. The number of benzene rings is 2. The molecule has 2 aromatic carbocycles. The summed E-state index contributed by atoms with van der Waals surface area (Å²) in [7, 11) is 0. The van der Waals surface area contributed by atoms with Crippen molar-refractivity contribution in [3.63, 3.8) is 0 Å². The monoisotopic (exact) mass is 551 g/mol. The van der Waals surface area contributed by atoms with Gasteiger partial charge in [0.05, 0.1) is 12.1 Å². The zero-order chi connectivity index (χ0) is 27.4. The maximum absolute atomic E-state index is 13.4. The number of rotatable bonds is 2. The number of anilines is 1. The van der Waals surface area contributed by atoms with Crippen LogP contribution in [0.25, 0.3) is 0 Å². The number of halogens is 1. The van der Waals surface area contributed by atoms with E-state index in [0.29, 0.717) is 24.5 Å². The average Bonchev–Trinajstić information content (AvgIpc) is 3.75. The summed E-state index contributed by atoms with van der Waals surface area (Å²) in [6.07, 6.45) is 11.5. The molecule has 3 aliphatic rings. The van der Waals surface area contributed by atoms with E-state index < -0.39 is 11.5 Å². The number of aliphatic hydroxyl groups is 1. The Morgan fingerprint density at radius 1 is 1.03 bits per heavy atom. The Morgan fingerprint density at radius 2 is 1.82 bits per heavy atom. The second kappa shape index (κ2) is 12.0. The highest BCUT2D eigenvalue weighted by Crippen LogP contribution is 2.38. The van der Waals surface area contributed by atoms with Gasteiger partial charge in [-0.25, -0.2) is 0 Å². The number of fused-ring (bicyclic) bond motifs is 2. The van der Waals surface area contributed by atoms with E-state index in [0.717, 1.165) is 80.7 Å². The standard InChI is InChI=1S/C31H38ClN3O4/c32-25-11-9-23-21-39-28-14-10-24-19-27(28)34(16-7-4-8-22(23)18-25)15-5-2-1-3-6-17-35(26-12-13-26)29(36)20-31(24,38)30(33)37/h3,6,9-11,14,18-19,26,38H,1-2,4-5,7-8,12-13,15-17,20-21H2,(H2,33,37)/b6-3+/t31-/m1/s1. The van der Waals surface area contributed by atoms with Crippen molar-refractivity contribution in [2.45, 2.75) is 76.0 Å². The van der Waals surface area contributed by atoms with E-state index in [9.17, 15) is 14.7 Å². The van der Waals surface area contributed by atoms with Gasteiger partial charge in [0.2, 0.25) is 5.91 Å². The lowest BCUT2D eigenvalue weighted by Crippen LogP contribution is -2.46. The Morgan fingerprint density at radius 3 is 2.59 bits per heavy atom. The minimum atomic E-state index is -2.12. The van der Waals surface area contributed by atoms with E-state index in [1.807, 2.05) is 24.3 Å². The summed E-state index contributed by atoms with van der Waals surface area (Å²) in [5, 5.41) is 12.4. The van der Waals surface area contributed by atoms with Crippen LogP contribution in [-0.2, 0) is 28.2 Å². The van der Waals surface area contributed by atoms with Gasteiger partial charge < -0.3 is 25.4 Å². The van der Waals surface area contributed by atoms with E-state index >= 15 is 0 Å². The van der Waals surface area contributed by atoms with Gasteiger partial charge in [0.1, 0.15) is 12.4 Å². The van der Waals surface area contributed by atoms with Crippen molar-refractivity contribution in [2.75, 3.05) is 24.5 Å². The Bertz CT molecular complexity index is 1240. The molecule has 2 heterocycles. The van der Waals surface area contributed by atoms with Gasteiger partial charge in [-0.3, -0.25) is 9.59 Å². The number of hydrogen-bond acceptors (Lipinski definition) is 5. The van der Waals surface area contributed by atoms with Gasteiger partial charge in [-0.15, -0.1) is 0 Å². The third kappa shape index (κ3) is 6.42. The van der Waals surface area contributed by atoms with E-state index in [1.165, 1.54) is 5.56 Å². The van der Waals surface area contributed by atoms with Crippen LogP contribution in [-0.4, -0.2) is 47.5 Å². The maximum Gasteiger partial charge on any atom is 0.254 e. The molecular formula is C31H38ClN3O4. The summed E-state index contributed by atoms with van der Waals surface area (Å²) in [4.78, 5) is 30.2. The molecular weight excluding hydrogens is 514 g/mol. The van der Waals surface area contributed by atoms with Gasteiger partial charge in [-0.1, -0.05) is 35.9 Å². The van der Waals surface area contributed by atoms with Crippen molar-refractivity contribution >= 4 is 29.1 Å². The minimum Gasteiger partial charge on any atom is -0.487 e. The summed E-state index contributed by atoms with van der Waals surface area (Å²) in [6, 6.07) is 11.3. The van der Waals surface area contributed by atoms with Gasteiger partial charge in [-0.2, -0.15) is 0 Å². The molecule has 2 aliphatic heterocycles. The van der Waals surface area contributed by atoms with Crippen molar-refractivity contribution in [2.24, 2.45) is 5.73 Å². The highest BCUT2D eigenvalue weighted by Gasteiger charge is 2.42. The first-order valence-electron chi connectivity index (χ1n) is 14.1. The lowest BCUT2D eigenvalue weighted by molar-refractivity contribution is -0.148. The summed E-state index contributed by atoms with van der Waals surface area (Å²) in [5.41, 5.74) is 7.07. The highest BCUT2D eigenvalue weighted by atomic mass is 35.5. The van der Waals surface area contributed by atoms with Crippen LogP contribution in [0.4, 0.5) is 5.69 Å². The van der Waals surface area contributed by atoms with E-state index in [1.54, 1.807) is 23.1 Å². The van der Waals surface area contributed by atoms with Crippen LogP contribution in [0.1, 0.15) is 68.1 Å². The number of primary amides is 1.